The fourth-order valence-corrected chi connectivity index (χ4v) is 3.85. The van der Waals surface area contributed by atoms with E-state index in [4.69, 9.17) is 4.42 Å². The number of hydrogen-bond acceptors (Lipinski definition) is 5. The van der Waals surface area contributed by atoms with Gasteiger partial charge < -0.3 is 9.73 Å². The molecule has 3 rings (SSSR count). The predicted octanol–water partition coefficient (Wildman–Crippen LogP) is 4.61. The van der Waals surface area contributed by atoms with Gasteiger partial charge in [-0.2, -0.15) is 0 Å². The number of nitrogens with one attached hydrogen (secondary N) is 1. The van der Waals surface area contributed by atoms with Crippen LogP contribution in [0.5, 0.6) is 0 Å². The average Bonchev–Trinajstić information content (AvgIpc) is 3.11. The number of aromatic nitrogens is 2. The smallest absolute Gasteiger partial charge is 0.277 e. The monoisotopic (exact) mass is 377 g/mol. The first kappa shape index (κ1) is 18.9. The number of amides is 1. The summed E-state index contributed by atoms with van der Waals surface area (Å²) in [7, 11) is 0. The lowest BCUT2D eigenvalue weighted by Crippen LogP contribution is -2.33. The predicted molar refractivity (Wildman–Crippen MR) is 98.4 cm³/mol. The van der Waals surface area contributed by atoms with Gasteiger partial charge in [0.25, 0.3) is 5.22 Å². The molecular weight excluding hydrogens is 353 g/mol. The fourth-order valence-electron chi connectivity index (χ4n) is 3.15. The van der Waals surface area contributed by atoms with E-state index >= 15 is 0 Å². The Labute approximate surface area is 157 Å². The standard InChI is InChI=1S/C19H24FN3O2S/c1-12(14-8-10-16(20)11-9-14)21-17(24)13(2)26-19-23-22-18(25-19)15-6-4-3-5-7-15/h8-13,15H,3-7H2,1-2H3,(H,21,24)/t12-,13+/m0/s1. The maximum atomic E-state index is 13.0. The largest absolute Gasteiger partial charge is 0.416 e. The highest BCUT2D eigenvalue weighted by Gasteiger charge is 2.24. The SMILES string of the molecule is C[C@H](NC(=O)[C@@H](C)Sc1nnc(C2CCCCC2)o1)c1ccc(F)cc1. The number of nitrogens with zero attached hydrogens (tertiary/aromatic N) is 2. The summed E-state index contributed by atoms with van der Waals surface area (Å²) in [5.41, 5.74) is 0.856. The van der Waals surface area contributed by atoms with Crippen LogP contribution in [0.2, 0.25) is 0 Å². The molecule has 1 aliphatic carbocycles. The van der Waals surface area contributed by atoms with Crippen LogP contribution < -0.4 is 5.32 Å². The van der Waals surface area contributed by atoms with Gasteiger partial charge in [0.1, 0.15) is 5.82 Å². The summed E-state index contributed by atoms with van der Waals surface area (Å²) in [5, 5.41) is 11.3. The van der Waals surface area contributed by atoms with Crippen molar-refractivity contribution in [3.8, 4) is 0 Å². The summed E-state index contributed by atoms with van der Waals surface area (Å²) in [6.07, 6.45) is 5.87. The lowest BCUT2D eigenvalue weighted by molar-refractivity contribution is -0.120. The molecular formula is C19H24FN3O2S. The zero-order valence-electron chi connectivity index (χ0n) is 15.1. The van der Waals surface area contributed by atoms with Gasteiger partial charge in [-0.3, -0.25) is 4.79 Å². The molecule has 1 heterocycles. The van der Waals surface area contributed by atoms with E-state index in [9.17, 15) is 9.18 Å². The van der Waals surface area contributed by atoms with Crippen LogP contribution in [-0.2, 0) is 4.79 Å². The highest BCUT2D eigenvalue weighted by Crippen LogP contribution is 2.33. The van der Waals surface area contributed by atoms with Crippen molar-refractivity contribution in [2.45, 2.75) is 68.4 Å². The molecule has 1 aromatic heterocycles. The molecule has 2 atom stereocenters. The third kappa shape index (κ3) is 4.84. The van der Waals surface area contributed by atoms with E-state index in [0.717, 1.165) is 18.4 Å². The average molecular weight is 377 g/mol. The van der Waals surface area contributed by atoms with Crippen LogP contribution in [-0.4, -0.2) is 21.4 Å². The number of halogens is 1. The lowest BCUT2D eigenvalue weighted by atomic mass is 9.89. The summed E-state index contributed by atoms with van der Waals surface area (Å²) in [5.74, 6) is 0.637. The quantitative estimate of drug-likeness (QED) is 0.744. The Morgan fingerprint density at radius 2 is 1.88 bits per heavy atom. The molecule has 0 spiro atoms. The molecule has 0 bridgehead atoms. The van der Waals surface area contributed by atoms with Crippen molar-refractivity contribution in [3.63, 3.8) is 0 Å². The van der Waals surface area contributed by atoms with Crippen LogP contribution in [0.15, 0.2) is 33.9 Å². The van der Waals surface area contributed by atoms with E-state index in [0.29, 0.717) is 17.0 Å². The lowest BCUT2D eigenvalue weighted by Gasteiger charge is -2.17. The Morgan fingerprint density at radius 1 is 1.19 bits per heavy atom. The number of hydrogen-bond donors (Lipinski definition) is 1. The minimum absolute atomic E-state index is 0.121. The van der Waals surface area contributed by atoms with Gasteiger partial charge in [-0.1, -0.05) is 43.2 Å². The van der Waals surface area contributed by atoms with E-state index in [1.54, 1.807) is 12.1 Å². The molecule has 1 aliphatic rings. The van der Waals surface area contributed by atoms with Gasteiger partial charge in [-0.25, -0.2) is 4.39 Å². The summed E-state index contributed by atoms with van der Waals surface area (Å²) in [6.45, 7) is 3.68. The molecule has 1 N–H and O–H groups in total. The minimum Gasteiger partial charge on any atom is -0.416 e. The number of thioether (sulfide) groups is 1. The highest BCUT2D eigenvalue weighted by molar-refractivity contribution is 8.00. The Balaban J connectivity index is 1.53. The van der Waals surface area contributed by atoms with Crippen molar-refractivity contribution in [1.82, 2.24) is 15.5 Å². The van der Waals surface area contributed by atoms with Gasteiger partial charge >= 0.3 is 0 Å². The van der Waals surface area contributed by atoms with E-state index in [1.807, 2.05) is 13.8 Å². The van der Waals surface area contributed by atoms with Gasteiger partial charge in [0.2, 0.25) is 11.8 Å². The summed E-state index contributed by atoms with van der Waals surface area (Å²) in [6, 6.07) is 5.92. The third-order valence-corrected chi connectivity index (χ3v) is 5.69. The molecule has 140 valence electrons. The van der Waals surface area contributed by atoms with Gasteiger partial charge in [0.15, 0.2) is 0 Å². The first-order valence-corrected chi connectivity index (χ1v) is 9.97. The highest BCUT2D eigenvalue weighted by atomic mass is 32.2. The van der Waals surface area contributed by atoms with E-state index in [2.05, 4.69) is 15.5 Å². The molecule has 1 amide bonds. The molecule has 7 heteroatoms. The van der Waals surface area contributed by atoms with Gasteiger partial charge in [0, 0.05) is 5.92 Å². The molecule has 26 heavy (non-hydrogen) atoms. The van der Waals surface area contributed by atoms with Crippen LogP contribution in [0.3, 0.4) is 0 Å². The van der Waals surface area contributed by atoms with Gasteiger partial charge in [0.05, 0.1) is 11.3 Å². The van der Waals surface area contributed by atoms with Crippen molar-refractivity contribution in [2.75, 3.05) is 0 Å². The molecule has 0 saturated heterocycles. The molecule has 2 aromatic rings. The number of carbonyl (C=O) groups is 1. The van der Waals surface area contributed by atoms with Crippen LogP contribution in [0, 0.1) is 5.82 Å². The second-order valence-corrected chi connectivity index (χ2v) is 8.08. The first-order chi connectivity index (χ1) is 12.5. The zero-order valence-corrected chi connectivity index (χ0v) is 15.9. The maximum Gasteiger partial charge on any atom is 0.277 e. The maximum absolute atomic E-state index is 13.0. The number of rotatable bonds is 6. The summed E-state index contributed by atoms with van der Waals surface area (Å²) in [4.78, 5) is 12.4. The van der Waals surface area contributed by atoms with Crippen LogP contribution in [0.25, 0.3) is 0 Å². The Bertz CT molecular complexity index is 729. The minimum atomic E-state index is -0.363. The molecule has 1 saturated carbocycles. The molecule has 1 aromatic carbocycles. The molecule has 0 radical (unpaired) electrons. The molecule has 0 aliphatic heterocycles. The van der Waals surface area contributed by atoms with E-state index in [-0.39, 0.29) is 23.0 Å². The van der Waals surface area contributed by atoms with E-state index in [1.165, 1.54) is 43.2 Å². The van der Waals surface area contributed by atoms with Crippen molar-refractivity contribution in [3.05, 3.63) is 41.5 Å². The van der Waals surface area contributed by atoms with Gasteiger partial charge in [-0.05, 0) is 44.4 Å². The summed E-state index contributed by atoms with van der Waals surface area (Å²) < 4.78 is 18.8. The second kappa shape index (κ2) is 8.66. The normalized spacial score (nSPS) is 17.7. The topological polar surface area (TPSA) is 68.0 Å². The first-order valence-electron chi connectivity index (χ1n) is 9.09. The van der Waals surface area contributed by atoms with Crippen molar-refractivity contribution in [1.29, 1.82) is 0 Å². The van der Waals surface area contributed by atoms with Crippen molar-refractivity contribution >= 4 is 17.7 Å². The van der Waals surface area contributed by atoms with Gasteiger partial charge in [-0.15, -0.1) is 10.2 Å². The zero-order chi connectivity index (χ0) is 18.5. The van der Waals surface area contributed by atoms with Crippen LogP contribution in [0.1, 0.15) is 69.4 Å². The Morgan fingerprint density at radius 3 is 2.58 bits per heavy atom. The summed E-state index contributed by atoms with van der Waals surface area (Å²) >= 11 is 1.26. The van der Waals surface area contributed by atoms with Crippen LogP contribution >= 0.6 is 11.8 Å². The molecule has 1 fully saturated rings. The van der Waals surface area contributed by atoms with Crippen molar-refractivity contribution in [2.24, 2.45) is 0 Å². The third-order valence-electron chi connectivity index (χ3n) is 4.75. The fraction of sp³-hybridized carbons (Fsp3) is 0.526. The second-order valence-electron chi connectivity index (χ2n) is 6.78. The van der Waals surface area contributed by atoms with Crippen LogP contribution in [0.4, 0.5) is 4.39 Å². The van der Waals surface area contributed by atoms with Crippen molar-refractivity contribution < 1.29 is 13.6 Å². The Kier molecular flexibility index (Phi) is 6.29. The number of benzene rings is 1. The molecule has 0 unspecified atom stereocenters. The Hall–Kier alpha value is -1.89. The molecule has 5 nitrogen and oxygen atoms in total. The number of carbonyl (C=O) groups excluding carboxylic acids is 1. The van der Waals surface area contributed by atoms with E-state index < -0.39 is 0 Å².